The minimum absolute atomic E-state index is 0.246. The molecule has 0 aromatic heterocycles. The topological polar surface area (TPSA) is 35.2 Å². The van der Waals surface area contributed by atoms with Crippen LogP contribution in [0.3, 0.4) is 0 Å². The van der Waals surface area contributed by atoms with Crippen LogP contribution in [0.4, 0.5) is 0 Å². The fourth-order valence-electron chi connectivity index (χ4n) is 0.796. The molecule has 0 bridgehead atoms. The quantitative estimate of drug-likeness (QED) is 0.604. The number of methoxy groups -OCH3 is 1. The normalized spacial score (nSPS) is 11.9. The summed E-state index contributed by atoms with van der Waals surface area (Å²) in [6.07, 6.45) is 2.81. The van der Waals surface area contributed by atoms with Crippen molar-refractivity contribution in [3.8, 4) is 11.8 Å². The van der Waals surface area contributed by atoms with Crippen molar-refractivity contribution < 1.29 is 4.74 Å². The van der Waals surface area contributed by atoms with E-state index in [4.69, 9.17) is 10.5 Å². The Morgan fingerprint density at radius 1 is 1.45 bits per heavy atom. The molecule has 0 amide bonds. The van der Waals surface area contributed by atoms with Gasteiger partial charge in [0.2, 0.25) is 0 Å². The molecule has 0 radical (unpaired) electrons. The van der Waals surface area contributed by atoms with Gasteiger partial charge < -0.3 is 10.5 Å². The van der Waals surface area contributed by atoms with E-state index in [2.05, 4.69) is 11.8 Å². The van der Waals surface area contributed by atoms with E-state index in [-0.39, 0.29) is 6.04 Å². The first kappa shape index (κ1) is 10.5. The molecule has 0 saturated heterocycles. The van der Waals surface area contributed by atoms with E-state index in [1.807, 2.05) is 6.92 Å². The lowest BCUT2D eigenvalue weighted by Gasteiger charge is -2.07. The molecule has 64 valence electrons. The largest absolute Gasteiger partial charge is 0.385 e. The Morgan fingerprint density at radius 2 is 2.18 bits per heavy atom. The first-order valence-electron chi connectivity index (χ1n) is 3.95. The maximum absolute atomic E-state index is 5.75. The van der Waals surface area contributed by atoms with Crippen molar-refractivity contribution in [2.24, 2.45) is 5.73 Å². The summed E-state index contributed by atoms with van der Waals surface area (Å²) < 4.78 is 4.90. The molecule has 0 spiro atoms. The highest BCUT2D eigenvalue weighted by molar-refractivity contribution is 4.95. The van der Waals surface area contributed by atoms with Crippen LogP contribution in [0, 0.1) is 11.8 Å². The molecule has 0 aromatic rings. The van der Waals surface area contributed by atoms with Crippen LogP contribution in [-0.2, 0) is 4.74 Å². The van der Waals surface area contributed by atoms with Gasteiger partial charge in [-0.1, -0.05) is 0 Å². The molecule has 11 heavy (non-hydrogen) atoms. The van der Waals surface area contributed by atoms with Gasteiger partial charge in [0.15, 0.2) is 0 Å². The second-order valence-corrected chi connectivity index (χ2v) is 2.51. The van der Waals surface area contributed by atoms with Gasteiger partial charge in [-0.15, -0.1) is 11.8 Å². The van der Waals surface area contributed by atoms with Crippen molar-refractivity contribution in [2.75, 3.05) is 13.7 Å². The van der Waals surface area contributed by atoms with E-state index in [1.54, 1.807) is 7.11 Å². The maximum Gasteiger partial charge on any atom is 0.0477 e. The van der Waals surface area contributed by atoms with Crippen LogP contribution in [0.1, 0.15) is 26.2 Å². The van der Waals surface area contributed by atoms with Crippen LogP contribution < -0.4 is 5.73 Å². The third kappa shape index (κ3) is 7.38. The molecule has 0 aliphatic heterocycles. The summed E-state index contributed by atoms with van der Waals surface area (Å²) in [5.41, 5.74) is 5.75. The standard InChI is InChI=1S/C9H17NO/c1-3-4-5-6-9(10)7-8-11-2/h9H,5-8,10H2,1-2H3. The minimum Gasteiger partial charge on any atom is -0.385 e. The summed E-state index contributed by atoms with van der Waals surface area (Å²) in [6.45, 7) is 2.60. The van der Waals surface area contributed by atoms with Crippen molar-refractivity contribution in [3.05, 3.63) is 0 Å². The first-order valence-corrected chi connectivity index (χ1v) is 3.95. The highest BCUT2D eigenvalue weighted by Gasteiger charge is 1.99. The van der Waals surface area contributed by atoms with Crippen molar-refractivity contribution in [1.82, 2.24) is 0 Å². The van der Waals surface area contributed by atoms with Crippen molar-refractivity contribution in [3.63, 3.8) is 0 Å². The fourth-order valence-corrected chi connectivity index (χ4v) is 0.796. The predicted molar refractivity (Wildman–Crippen MR) is 47.2 cm³/mol. The van der Waals surface area contributed by atoms with Crippen LogP contribution in [0.15, 0.2) is 0 Å². The molecule has 2 N–H and O–H groups in total. The summed E-state index contributed by atoms with van der Waals surface area (Å²) >= 11 is 0. The van der Waals surface area contributed by atoms with Gasteiger partial charge in [-0.2, -0.15) is 0 Å². The Balaban J connectivity index is 3.19. The van der Waals surface area contributed by atoms with Gasteiger partial charge in [-0.05, 0) is 19.8 Å². The zero-order valence-corrected chi connectivity index (χ0v) is 7.39. The third-order valence-electron chi connectivity index (χ3n) is 1.51. The monoisotopic (exact) mass is 155 g/mol. The van der Waals surface area contributed by atoms with Gasteiger partial charge in [0.25, 0.3) is 0 Å². The first-order chi connectivity index (χ1) is 5.31. The van der Waals surface area contributed by atoms with Crippen molar-refractivity contribution in [1.29, 1.82) is 0 Å². The zero-order valence-electron chi connectivity index (χ0n) is 7.39. The maximum atomic E-state index is 5.75. The average molecular weight is 155 g/mol. The SMILES string of the molecule is CC#CCCC(N)CCOC. The third-order valence-corrected chi connectivity index (χ3v) is 1.51. The zero-order chi connectivity index (χ0) is 8.53. The Kier molecular flexibility index (Phi) is 7.23. The lowest BCUT2D eigenvalue weighted by Crippen LogP contribution is -2.21. The summed E-state index contributed by atoms with van der Waals surface area (Å²) in [4.78, 5) is 0. The highest BCUT2D eigenvalue weighted by atomic mass is 16.5. The molecule has 0 saturated carbocycles. The van der Waals surface area contributed by atoms with Crippen LogP contribution in [0.25, 0.3) is 0 Å². The van der Waals surface area contributed by atoms with E-state index >= 15 is 0 Å². The van der Waals surface area contributed by atoms with Gasteiger partial charge >= 0.3 is 0 Å². The smallest absolute Gasteiger partial charge is 0.0477 e. The number of ether oxygens (including phenoxy) is 1. The van der Waals surface area contributed by atoms with Crippen molar-refractivity contribution in [2.45, 2.75) is 32.2 Å². The second kappa shape index (κ2) is 7.59. The predicted octanol–water partition coefficient (Wildman–Crippen LogP) is 1.15. The molecule has 2 heteroatoms. The summed E-state index contributed by atoms with van der Waals surface area (Å²) in [6, 6.07) is 0.246. The Hall–Kier alpha value is -0.520. The van der Waals surface area contributed by atoms with E-state index < -0.39 is 0 Å². The fraction of sp³-hybridized carbons (Fsp3) is 0.778. The van der Waals surface area contributed by atoms with Crippen LogP contribution in [0.5, 0.6) is 0 Å². The molecule has 0 rings (SSSR count). The molecule has 0 aliphatic carbocycles. The molecule has 2 nitrogen and oxygen atoms in total. The van der Waals surface area contributed by atoms with Gasteiger partial charge in [-0.25, -0.2) is 0 Å². The number of rotatable bonds is 5. The van der Waals surface area contributed by atoms with Gasteiger partial charge in [0.05, 0.1) is 0 Å². The van der Waals surface area contributed by atoms with E-state index in [0.29, 0.717) is 0 Å². The van der Waals surface area contributed by atoms with Gasteiger partial charge in [0, 0.05) is 26.2 Å². The number of hydrogen-bond acceptors (Lipinski definition) is 2. The Morgan fingerprint density at radius 3 is 2.73 bits per heavy atom. The average Bonchev–Trinajstić information content (AvgIpc) is 2.01. The van der Waals surface area contributed by atoms with E-state index in [9.17, 15) is 0 Å². The van der Waals surface area contributed by atoms with Crippen LogP contribution in [-0.4, -0.2) is 19.8 Å². The van der Waals surface area contributed by atoms with Gasteiger partial charge in [-0.3, -0.25) is 0 Å². The van der Waals surface area contributed by atoms with Crippen LogP contribution >= 0.6 is 0 Å². The van der Waals surface area contributed by atoms with E-state index in [1.165, 1.54) is 0 Å². The molecule has 0 aliphatic rings. The molecule has 1 unspecified atom stereocenters. The van der Waals surface area contributed by atoms with Gasteiger partial charge in [0.1, 0.15) is 0 Å². The molecule has 0 heterocycles. The summed E-state index contributed by atoms with van der Waals surface area (Å²) in [7, 11) is 1.69. The summed E-state index contributed by atoms with van der Waals surface area (Å²) in [5.74, 6) is 5.83. The van der Waals surface area contributed by atoms with E-state index in [0.717, 1.165) is 25.9 Å². The number of hydrogen-bond donors (Lipinski definition) is 1. The minimum atomic E-state index is 0.246. The lowest BCUT2D eigenvalue weighted by atomic mass is 10.1. The Labute approximate surface area is 69.1 Å². The molecule has 1 atom stereocenters. The molecule has 0 aromatic carbocycles. The summed E-state index contributed by atoms with van der Waals surface area (Å²) in [5, 5.41) is 0. The highest BCUT2D eigenvalue weighted by Crippen LogP contribution is 1.97. The second-order valence-electron chi connectivity index (χ2n) is 2.51. The Bertz CT molecular complexity index is 134. The van der Waals surface area contributed by atoms with Crippen LogP contribution in [0.2, 0.25) is 0 Å². The molecule has 0 fully saturated rings. The lowest BCUT2D eigenvalue weighted by molar-refractivity contribution is 0.187. The van der Waals surface area contributed by atoms with Crippen molar-refractivity contribution >= 4 is 0 Å². The molecular weight excluding hydrogens is 138 g/mol. The molecular formula is C9H17NO. The number of nitrogens with two attached hydrogens (primary N) is 1.